The summed E-state index contributed by atoms with van der Waals surface area (Å²) >= 11 is 4.89. The van der Waals surface area contributed by atoms with Gasteiger partial charge in [-0.15, -0.1) is 11.3 Å². The van der Waals surface area contributed by atoms with Gasteiger partial charge in [-0.3, -0.25) is 9.59 Å². The molecule has 22 heavy (non-hydrogen) atoms. The highest BCUT2D eigenvalue weighted by atomic mass is 79.9. The van der Waals surface area contributed by atoms with Gasteiger partial charge in [0.05, 0.1) is 11.6 Å². The zero-order valence-corrected chi connectivity index (χ0v) is 15.1. The molecule has 2 heterocycles. The highest BCUT2D eigenvalue weighted by Gasteiger charge is 2.29. The van der Waals surface area contributed by atoms with E-state index in [1.165, 1.54) is 11.3 Å². The Kier molecular flexibility index (Phi) is 5.86. The number of thiophene rings is 1. The zero-order chi connectivity index (χ0) is 16.3. The number of hydrogen-bond acceptors (Lipinski definition) is 4. The van der Waals surface area contributed by atoms with Crippen molar-refractivity contribution in [3.05, 3.63) is 14.2 Å². The fourth-order valence-corrected chi connectivity index (χ4v) is 4.50. The maximum absolute atomic E-state index is 12.7. The Labute approximate surface area is 142 Å². The van der Waals surface area contributed by atoms with Crippen LogP contribution in [0.5, 0.6) is 5.75 Å². The first-order valence-corrected chi connectivity index (χ1v) is 8.89. The van der Waals surface area contributed by atoms with Gasteiger partial charge >= 0.3 is 5.97 Å². The number of amides is 1. The molecular weight excluding hydrogens is 370 g/mol. The predicted octanol–water partition coefficient (Wildman–Crippen LogP) is 3.54. The third kappa shape index (κ3) is 3.81. The number of ether oxygens (including phenoxy) is 1. The number of likely N-dealkylation sites (tertiary alicyclic amines) is 1. The molecule has 2 rings (SSSR count). The number of methoxy groups -OCH3 is 1. The average Bonchev–Trinajstić information content (AvgIpc) is 2.79. The van der Waals surface area contributed by atoms with Gasteiger partial charge in [-0.25, -0.2) is 0 Å². The molecule has 1 aliphatic heterocycles. The number of aliphatic carboxylic acids is 1. The lowest BCUT2D eigenvalue weighted by molar-refractivity contribution is -0.137. The monoisotopic (exact) mass is 389 g/mol. The molecule has 122 valence electrons. The number of rotatable bonds is 5. The Hall–Kier alpha value is -1.08. The van der Waals surface area contributed by atoms with Crippen molar-refractivity contribution >= 4 is 39.1 Å². The predicted molar refractivity (Wildman–Crippen MR) is 88.8 cm³/mol. The van der Waals surface area contributed by atoms with Crippen LogP contribution >= 0.6 is 27.3 Å². The quantitative estimate of drug-likeness (QED) is 0.835. The van der Waals surface area contributed by atoms with E-state index < -0.39 is 5.97 Å². The molecule has 1 aromatic rings. The molecule has 1 atom stereocenters. The van der Waals surface area contributed by atoms with Crippen molar-refractivity contribution in [3.8, 4) is 5.75 Å². The first-order valence-electron chi connectivity index (χ1n) is 7.28. The van der Waals surface area contributed by atoms with E-state index in [0.717, 1.165) is 28.7 Å². The molecule has 0 radical (unpaired) electrons. The van der Waals surface area contributed by atoms with Crippen LogP contribution in [0.3, 0.4) is 0 Å². The highest BCUT2D eigenvalue weighted by Crippen LogP contribution is 2.40. The number of hydrogen-bond donors (Lipinski definition) is 1. The molecule has 0 aliphatic carbocycles. The number of aryl methyl sites for hydroxylation is 1. The Bertz CT molecular complexity index is 572. The summed E-state index contributed by atoms with van der Waals surface area (Å²) in [4.78, 5) is 26.9. The van der Waals surface area contributed by atoms with E-state index in [4.69, 9.17) is 9.84 Å². The van der Waals surface area contributed by atoms with Crippen LogP contribution in [-0.2, 0) is 4.79 Å². The second kappa shape index (κ2) is 7.46. The average molecular weight is 390 g/mol. The molecule has 0 saturated carbocycles. The molecule has 0 bridgehead atoms. The van der Waals surface area contributed by atoms with Crippen LogP contribution in [0.1, 0.15) is 40.2 Å². The fraction of sp³-hybridized carbons (Fsp3) is 0.600. The maximum atomic E-state index is 12.7. The van der Waals surface area contributed by atoms with Gasteiger partial charge in [-0.2, -0.15) is 0 Å². The van der Waals surface area contributed by atoms with E-state index in [9.17, 15) is 9.59 Å². The number of carbonyl (C=O) groups is 2. The molecule has 1 aromatic heterocycles. The number of nitrogens with zero attached hydrogens (tertiary/aromatic N) is 1. The number of carboxylic acid groups (broad SMARTS) is 1. The Morgan fingerprint density at radius 1 is 1.50 bits per heavy atom. The summed E-state index contributed by atoms with van der Waals surface area (Å²) < 4.78 is 6.19. The smallest absolute Gasteiger partial charge is 0.303 e. The SMILES string of the molecule is COc1c(C(=O)N2CCCC(CCC(=O)O)C2)sc(C)c1Br. The van der Waals surface area contributed by atoms with Crippen LogP contribution in [0.4, 0.5) is 0 Å². The van der Waals surface area contributed by atoms with Crippen molar-refractivity contribution < 1.29 is 19.4 Å². The number of halogens is 1. The molecule has 1 amide bonds. The third-order valence-corrected chi connectivity index (χ3v) is 6.23. The molecule has 1 N–H and O–H groups in total. The summed E-state index contributed by atoms with van der Waals surface area (Å²) in [6.45, 7) is 3.30. The van der Waals surface area contributed by atoms with E-state index in [1.807, 2.05) is 11.8 Å². The second-order valence-corrected chi connectivity index (χ2v) is 7.54. The number of carboxylic acids is 1. The zero-order valence-electron chi connectivity index (χ0n) is 12.7. The van der Waals surface area contributed by atoms with Crippen LogP contribution in [0, 0.1) is 12.8 Å². The molecule has 1 aliphatic rings. The second-order valence-electron chi connectivity index (χ2n) is 5.53. The number of carbonyl (C=O) groups excluding carboxylic acids is 1. The first-order chi connectivity index (χ1) is 10.4. The molecule has 0 aromatic carbocycles. The van der Waals surface area contributed by atoms with Gasteiger partial charge in [0.1, 0.15) is 4.88 Å². The summed E-state index contributed by atoms with van der Waals surface area (Å²) in [5.41, 5.74) is 0. The van der Waals surface area contributed by atoms with E-state index in [1.54, 1.807) is 7.11 Å². The van der Waals surface area contributed by atoms with Gasteiger partial charge in [0.15, 0.2) is 5.75 Å². The largest absolute Gasteiger partial charge is 0.494 e. The molecule has 1 fully saturated rings. The minimum absolute atomic E-state index is 0.0179. The van der Waals surface area contributed by atoms with Crippen molar-refractivity contribution in [3.63, 3.8) is 0 Å². The Morgan fingerprint density at radius 3 is 2.86 bits per heavy atom. The molecular formula is C15H20BrNO4S. The molecule has 1 saturated heterocycles. The van der Waals surface area contributed by atoms with Crippen molar-refractivity contribution in [2.45, 2.75) is 32.6 Å². The summed E-state index contributed by atoms with van der Waals surface area (Å²) in [6, 6.07) is 0. The fourth-order valence-electron chi connectivity index (χ4n) is 2.78. The molecule has 0 spiro atoms. The Morgan fingerprint density at radius 2 is 2.23 bits per heavy atom. The van der Waals surface area contributed by atoms with Gasteiger partial charge in [0.2, 0.25) is 0 Å². The van der Waals surface area contributed by atoms with Crippen LogP contribution in [0.2, 0.25) is 0 Å². The first kappa shape index (κ1) is 17.3. The third-order valence-electron chi connectivity index (χ3n) is 3.94. The van der Waals surface area contributed by atoms with Crippen molar-refractivity contribution in [1.82, 2.24) is 4.90 Å². The standard InChI is InChI=1S/C15H20BrNO4S/c1-9-12(16)13(21-2)14(22-9)15(20)17-7-3-4-10(8-17)5-6-11(18)19/h10H,3-8H2,1-2H3,(H,18,19). The Balaban J connectivity index is 2.09. The summed E-state index contributed by atoms with van der Waals surface area (Å²) in [5.74, 6) is 0.0723. The topological polar surface area (TPSA) is 66.8 Å². The van der Waals surface area contributed by atoms with Crippen molar-refractivity contribution in [2.24, 2.45) is 5.92 Å². The minimum atomic E-state index is -0.775. The number of piperidine rings is 1. The van der Waals surface area contributed by atoms with E-state index in [2.05, 4.69) is 15.9 Å². The summed E-state index contributed by atoms with van der Waals surface area (Å²) in [6.07, 6.45) is 2.70. The van der Waals surface area contributed by atoms with E-state index in [-0.39, 0.29) is 18.2 Å². The van der Waals surface area contributed by atoms with Gasteiger partial charge in [-0.05, 0) is 48.0 Å². The van der Waals surface area contributed by atoms with Crippen LogP contribution in [0.25, 0.3) is 0 Å². The van der Waals surface area contributed by atoms with E-state index >= 15 is 0 Å². The lowest BCUT2D eigenvalue weighted by atomic mass is 9.93. The van der Waals surface area contributed by atoms with Crippen molar-refractivity contribution in [2.75, 3.05) is 20.2 Å². The molecule has 1 unspecified atom stereocenters. The lowest BCUT2D eigenvalue weighted by Gasteiger charge is -2.32. The summed E-state index contributed by atoms with van der Waals surface area (Å²) in [7, 11) is 1.56. The van der Waals surface area contributed by atoms with Crippen LogP contribution < -0.4 is 4.74 Å². The van der Waals surface area contributed by atoms with E-state index in [0.29, 0.717) is 23.6 Å². The summed E-state index contributed by atoms with van der Waals surface area (Å²) in [5, 5.41) is 8.80. The van der Waals surface area contributed by atoms with Crippen molar-refractivity contribution in [1.29, 1.82) is 0 Å². The van der Waals surface area contributed by atoms with Gasteiger partial charge in [0.25, 0.3) is 5.91 Å². The van der Waals surface area contributed by atoms with Gasteiger partial charge in [-0.1, -0.05) is 0 Å². The minimum Gasteiger partial charge on any atom is -0.494 e. The highest BCUT2D eigenvalue weighted by molar-refractivity contribution is 9.10. The normalized spacial score (nSPS) is 18.3. The molecule has 5 nitrogen and oxygen atoms in total. The van der Waals surface area contributed by atoms with Gasteiger partial charge in [0, 0.05) is 24.4 Å². The molecule has 7 heteroatoms. The van der Waals surface area contributed by atoms with Gasteiger partial charge < -0.3 is 14.7 Å². The van der Waals surface area contributed by atoms with Crippen LogP contribution in [-0.4, -0.2) is 42.1 Å². The maximum Gasteiger partial charge on any atom is 0.303 e. The van der Waals surface area contributed by atoms with Crippen LogP contribution in [0.15, 0.2) is 4.47 Å². The lowest BCUT2D eigenvalue weighted by Crippen LogP contribution is -2.39.